The number of nitrogens with two attached hydrogens (primary N) is 1. The summed E-state index contributed by atoms with van der Waals surface area (Å²) in [6.45, 7) is 3.33. The molecule has 1 heterocycles. The van der Waals surface area contributed by atoms with Gasteiger partial charge in [-0.15, -0.1) is 0 Å². The second-order valence-corrected chi connectivity index (χ2v) is 5.71. The predicted octanol–water partition coefficient (Wildman–Crippen LogP) is 1.20. The summed E-state index contributed by atoms with van der Waals surface area (Å²) >= 11 is 0. The number of anilines is 1. The van der Waals surface area contributed by atoms with Crippen molar-refractivity contribution < 1.29 is 9.72 Å². The Bertz CT molecular complexity index is 573. The molecule has 2 rings (SSSR count). The van der Waals surface area contributed by atoms with Gasteiger partial charge in [-0.1, -0.05) is 13.0 Å². The number of hydrogen-bond donors (Lipinski definition) is 1. The van der Waals surface area contributed by atoms with Crippen molar-refractivity contribution in [2.24, 2.45) is 5.92 Å². The fourth-order valence-electron chi connectivity index (χ4n) is 2.86. The molecule has 2 atom stereocenters. The number of para-hydroxylation sites is 1. The highest BCUT2D eigenvalue weighted by atomic mass is 16.6. The second kappa shape index (κ2) is 5.69. The molecule has 0 spiro atoms. The second-order valence-electron chi connectivity index (χ2n) is 5.71. The van der Waals surface area contributed by atoms with Crippen molar-refractivity contribution in [3.05, 3.63) is 33.9 Å². The lowest BCUT2D eigenvalue weighted by atomic mass is 10.1. The molecule has 1 aromatic carbocycles. The highest BCUT2D eigenvalue weighted by Gasteiger charge is 2.35. The van der Waals surface area contributed by atoms with Crippen LogP contribution in [0.2, 0.25) is 0 Å². The molecule has 0 radical (unpaired) electrons. The van der Waals surface area contributed by atoms with E-state index in [4.69, 9.17) is 5.73 Å². The molecule has 0 aromatic heterocycles. The molecule has 1 saturated heterocycles. The summed E-state index contributed by atoms with van der Waals surface area (Å²) in [6.07, 6.45) is 0. The number of carbonyl (C=O) groups excluding carboxylic acids is 1. The lowest BCUT2D eigenvalue weighted by molar-refractivity contribution is -0.383. The maximum absolute atomic E-state index is 12.6. The first kappa shape index (κ1) is 15.2. The Hall–Kier alpha value is -2.15. The number of amides is 1. The molecule has 2 unspecified atom stereocenters. The first-order valence-electron chi connectivity index (χ1n) is 6.81. The van der Waals surface area contributed by atoms with E-state index in [9.17, 15) is 14.9 Å². The van der Waals surface area contributed by atoms with E-state index in [0.717, 1.165) is 0 Å². The Balaban J connectivity index is 2.26. The molecule has 1 aromatic rings. The van der Waals surface area contributed by atoms with Gasteiger partial charge in [0.2, 0.25) is 0 Å². The number of nitro benzene ring substituents is 1. The summed E-state index contributed by atoms with van der Waals surface area (Å²) < 4.78 is 0. The smallest absolute Gasteiger partial charge is 0.292 e. The Kier molecular flexibility index (Phi) is 4.13. The molecular formula is C14H20N4O3. The maximum atomic E-state index is 12.6. The summed E-state index contributed by atoms with van der Waals surface area (Å²) in [5.41, 5.74) is 5.70. The minimum absolute atomic E-state index is 0.0616. The largest absolute Gasteiger partial charge is 0.393 e. The van der Waals surface area contributed by atoms with Gasteiger partial charge in [0.15, 0.2) is 0 Å². The summed E-state index contributed by atoms with van der Waals surface area (Å²) in [5, 5.41) is 10.9. The van der Waals surface area contributed by atoms with E-state index >= 15 is 0 Å². The minimum atomic E-state index is -0.568. The van der Waals surface area contributed by atoms with Gasteiger partial charge < -0.3 is 15.5 Å². The quantitative estimate of drug-likeness (QED) is 0.513. The maximum Gasteiger partial charge on any atom is 0.292 e. The van der Waals surface area contributed by atoms with E-state index < -0.39 is 4.92 Å². The molecule has 0 saturated carbocycles. The van der Waals surface area contributed by atoms with Crippen LogP contribution < -0.4 is 5.73 Å². The van der Waals surface area contributed by atoms with Crippen LogP contribution in [0.25, 0.3) is 0 Å². The first-order valence-corrected chi connectivity index (χ1v) is 6.81. The average molecular weight is 292 g/mol. The van der Waals surface area contributed by atoms with Crippen molar-refractivity contribution in [1.29, 1.82) is 0 Å². The number of benzene rings is 1. The SMILES string of the molecule is CC1CN(C(=O)c2cccc([N+](=O)[O-])c2N)CC1N(C)C. The Morgan fingerprint density at radius 1 is 1.43 bits per heavy atom. The number of nitro groups is 1. The predicted molar refractivity (Wildman–Crippen MR) is 80.1 cm³/mol. The minimum Gasteiger partial charge on any atom is -0.393 e. The summed E-state index contributed by atoms with van der Waals surface area (Å²) in [7, 11) is 3.97. The molecule has 1 aliphatic heterocycles. The lowest BCUT2D eigenvalue weighted by Gasteiger charge is -2.22. The van der Waals surface area contributed by atoms with Gasteiger partial charge in [-0.2, -0.15) is 0 Å². The highest BCUT2D eigenvalue weighted by molar-refractivity contribution is 6.01. The van der Waals surface area contributed by atoms with Crippen molar-refractivity contribution in [2.75, 3.05) is 32.9 Å². The van der Waals surface area contributed by atoms with E-state index in [1.165, 1.54) is 12.1 Å². The van der Waals surface area contributed by atoms with E-state index in [2.05, 4.69) is 11.8 Å². The van der Waals surface area contributed by atoms with Gasteiger partial charge in [0.05, 0.1) is 10.5 Å². The molecule has 2 N–H and O–H groups in total. The Labute approximate surface area is 123 Å². The summed E-state index contributed by atoms with van der Waals surface area (Å²) in [6, 6.07) is 4.62. The van der Waals surface area contributed by atoms with Crippen molar-refractivity contribution in [1.82, 2.24) is 9.80 Å². The summed E-state index contributed by atoms with van der Waals surface area (Å²) in [4.78, 5) is 26.7. The van der Waals surface area contributed by atoms with Crippen LogP contribution in [0.4, 0.5) is 11.4 Å². The number of likely N-dealkylation sites (N-methyl/N-ethyl adjacent to an activating group) is 1. The number of likely N-dealkylation sites (tertiary alicyclic amines) is 1. The molecule has 0 bridgehead atoms. The van der Waals surface area contributed by atoms with Crippen molar-refractivity contribution in [3.8, 4) is 0 Å². The van der Waals surface area contributed by atoms with Gasteiger partial charge in [0, 0.05) is 25.2 Å². The number of rotatable bonds is 3. The van der Waals surface area contributed by atoms with Crippen LogP contribution in [0, 0.1) is 16.0 Å². The van der Waals surface area contributed by atoms with Gasteiger partial charge in [-0.25, -0.2) is 0 Å². The van der Waals surface area contributed by atoms with Crippen LogP contribution in [0.3, 0.4) is 0 Å². The Morgan fingerprint density at radius 2 is 2.10 bits per heavy atom. The van der Waals surface area contributed by atoms with Gasteiger partial charge in [-0.3, -0.25) is 14.9 Å². The average Bonchev–Trinajstić information content (AvgIpc) is 2.80. The molecule has 1 amide bonds. The summed E-state index contributed by atoms with van der Waals surface area (Å²) in [5.74, 6) is 0.108. The van der Waals surface area contributed by atoms with E-state index in [-0.39, 0.29) is 28.9 Å². The molecule has 1 fully saturated rings. The normalized spacial score (nSPS) is 21.8. The molecular weight excluding hydrogens is 272 g/mol. The van der Waals surface area contributed by atoms with Gasteiger partial charge in [0.1, 0.15) is 5.69 Å². The lowest BCUT2D eigenvalue weighted by Crippen LogP contribution is -2.36. The molecule has 21 heavy (non-hydrogen) atoms. The zero-order chi connectivity index (χ0) is 15.7. The van der Waals surface area contributed by atoms with Crippen molar-refractivity contribution in [2.45, 2.75) is 13.0 Å². The zero-order valence-electron chi connectivity index (χ0n) is 12.4. The Morgan fingerprint density at radius 3 is 2.62 bits per heavy atom. The fraction of sp³-hybridized carbons (Fsp3) is 0.500. The van der Waals surface area contributed by atoms with E-state index in [1.807, 2.05) is 14.1 Å². The van der Waals surface area contributed by atoms with E-state index in [1.54, 1.807) is 11.0 Å². The van der Waals surface area contributed by atoms with Crippen molar-refractivity contribution >= 4 is 17.3 Å². The van der Waals surface area contributed by atoms with Crippen LogP contribution >= 0.6 is 0 Å². The molecule has 7 heteroatoms. The fourth-order valence-corrected chi connectivity index (χ4v) is 2.86. The van der Waals surface area contributed by atoms with Gasteiger partial charge in [0.25, 0.3) is 11.6 Å². The first-order chi connectivity index (χ1) is 9.82. The monoisotopic (exact) mass is 292 g/mol. The topological polar surface area (TPSA) is 92.7 Å². The number of nitrogens with zero attached hydrogens (tertiary/aromatic N) is 3. The standard InChI is InChI=1S/C14H20N4O3/c1-9-7-17(8-12(9)16(2)3)14(19)10-5-4-6-11(13(10)15)18(20)21/h4-6,9,12H,7-8,15H2,1-3H3. The molecule has 7 nitrogen and oxygen atoms in total. The van der Waals surface area contributed by atoms with Crippen LogP contribution in [0.1, 0.15) is 17.3 Å². The number of carbonyl (C=O) groups is 1. The third-order valence-corrected chi connectivity index (χ3v) is 4.03. The zero-order valence-corrected chi connectivity index (χ0v) is 12.4. The highest BCUT2D eigenvalue weighted by Crippen LogP contribution is 2.28. The van der Waals surface area contributed by atoms with Crippen LogP contribution in [0.15, 0.2) is 18.2 Å². The van der Waals surface area contributed by atoms with E-state index in [0.29, 0.717) is 19.0 Å². The molecule has 1 aliphatic rings. The number of hydrogen-bond acceptors (Lipinski definition) is 5. The number of nitrogen functional groups attached to an aromatic ring is 1. The van der Waals surface area contributed by atoms with Crippen LogP contribution in [-0.4, -0.2) is 53.9 Å². The van der Waals surface area contributed by atoms with Crippen molar-refractivity contribution in [3.63, 3.8) is 0 Å². The third-order valence-electron chi connectivity index (χ3n) is 4.03. The van der Waals surface area contributed by atoms with Crippen LogP contribution in [-0.2, 0) is 0 Å². The van der Waals surface area contributed by atoms with Crippen LogP contribution in [0.5, 0.6) is 0 Å². The van der Waals surface area contributed by atoms with Gasteiger partial charge in [-0.05, 0) is 26.1 Å². The third kappa shape index (κ3) is 2.82. The molecule has 0 aliphatic carbocycles. The molecule has 114 valence electrons. The van der Waals surface area contributed by atoms with Gasteiger partial charge >= 0.3 is 0 Å².